The molecule has 5 nitrogen and oxygen atoms in total. The van der Waals surface area contributed by atoms with Gasteiger partial charge in [-0.15, -0.1) is 0 Å². The molecular weight excluding hydrogens is 276 g/mol. The van der Waals surface area contributed by atoms with Gasteiger partial charge < -0.3 is 10.8 Å². The first-order chi connectivity index (χ1) is 9.21. The molecule has 2 rings (SSSR count). The highest BCUT2D eigenvalue weighted by molar-refractivity contribution is 7.89. The molecule has 1 aliphatic carbocycles. The number of nitrogens with two attached hydrogens (primary N) is 1. The van der Waals surface area contributed by atoms with Crippen molar-refractivity contribution in [3.8, 4) is 0 Å². The van der Waals surface area contributed by atoms with Crippen LogP contribution in [-0.4, -0.2) is 37.5 Å². The number of aliphatic hydroxyl groups excluding tert-OH is 1. The smallest absolute Gasteiger partial charge is 0.243 e. The maximum Gasteiger partial charge on any atom is 0.243 e. The first kappa shape index (κ1) is 15.3. The predicted molar refractivity (Wildman–Crippen MR) is 78.9 cm³/mol. The van der Waals surface area contributed by atoms with Gasteiger partial charge in [-0.2, -0.15) is 0 Å². The quantitative estimate of drug-likeness (QED) is 0.820. The van der Waals surface area contributed by atoms with Crippen LogP contribution in [0.25, 0.3) is 0 Å². The number of hydrogen-bond donors (Lipinski definition) is 2. The monoisotopic (exact) mass is 298 g/mol. The Balaban J connectivity index is 2.26. The van der Waals surface area contributed by atoms with E-state index in [1.165, 1.54) is 4.31 Å². The number of benzene rings is 1. The highest BCUT2D eigenvalue weighted by Crippen LogP contribution is 2.31. The fraction of sp³-hybridized carbons (Fsp3) is 0.571. The third-order valence-corrected chi connectivity index (χ3v) is 6.01. The normalized spacial score (nSPS) is 22.9. The van der Waals surface area contributed by atoms with E-state index in [1.54, 1.807) is 33.0 Å². The van der Waals surface area contributed by atoms with Gasteiger partial charge in [0.1, 0.15) is 0 Å². The molecule has 112 valence electrons. The molecule has 1 fully saturated rings. The Morgan fingerprint density at radius 1 is 1.30 bits per heavy atom. The van der Waals surface area contributed by atoms with Gasteiger partial charge in [-0.1, -0.05) is 0 Å². The van der Waals surface area contributed by atoms with Crippen molar-refractivity contribution in [1.82, 2.24) is 4.31 Å². The van der Waals surface area contributed by atoms with Crippen LogP contribution in [0.4, 0.5) is 5.69 Å². The zero-order valence-corrected chi connectivity index (χ0v) is 12.9. The Kier molecular flexibility index (Phi) is 4.09. The topological polar surface area (TPSA) is 83.6 Å². The van der Waals surface area contributed by atoms with Gasteiger partial charge in [-0.05, 0) is 55.9 Å². The van der Waals surface area contributed by atoms with Crippen molar-refractivity contribution in [2.24, 2.45) is 5.92 Å². The van der Waals surface area contributed by atoms with E-state index in [1.807, 2.05) is 0 Å². The van der Waals surface area contributed by atoms with Crippen molar-refractivity contribution in [3.05, 3.63) is 23.3 Å². The summed E-state index contributed by atoms with van der Waals surface area (Å²) in [7, 11) is -1.92. The number of nitrogen functional groups attached to an aromatic ring is 1. The molecule has 3 N–H and O–H groups in total. The van der Waals surface area contributed by atoms with Crippen LogP contribution in [0.1, 0.15) is 24.0 Å². The van der Waals surface area contributed by atoms with E-state index in [-0.39, 0.29) is 12.0 Å². The van der Waals surface area contributed by atoms with Crippen LogP contribution in [0.2, 0.25) is 0 Å². The van der Waals surface area contributed by atoms with Crippen molar-refractivity contribution in [3.63, 3.8) is 0 Å². The molecule has 0 unspecified atom stereocenters. The van der Waals surface area contributed by atoms with E-state index >= 15 is 0 Å². The Morgan fingerprint density at radius 3 is 2.25 bits per heavy atom. The molecule has 0 radical (unpaired) electrons. The molecule has 0 bridgehead atoms. The van der Waals surface area contributed by atoms with Gasteiger partial charge in [0.05, 0.1) is 11.0 Å². The van der Waals surface area contributed by atoms with Gasteiger partial charge in [-0.3, -0.25) is 0 Å². The summed E-state index contributed by atoms with van der Waals surface area (Å²) >= 11 is 0. The molecule has 0 spiro atoms. The number of rotatable bonds is 4. The van der Waals surface area contributed by atoms with Crippen LogP contribution in [0.5, 0.6) is 0 Å². The SMILES string of the molecule is Cc1cc(N)cc(C)c1S(=O)(=O)N(C)CC1CC(O)C1. The second-order valence-electron chi connectivity index (χ2n) is 5.76. The lowest BCUT2D eigenvalue weighted by atomic mass is 9.82. The average molecular weight is 298 g/mol. The Morgan fingerprint density at radius 2 is 1.80 bits per heavy atom. The zero-order valence-electron chi connectivity index (χ0n) is 12.1. The van der Waals surface area contributed by atoms with Gasteiger partial charge >= 0.3 is 0 Å². The molecule has 0 saturated heterocycles. The molecule has 0 amide bonds. The van der Waals surface area contributed by atoms with E-state index in [4.69, 9.17) is 5.73 Å². The third kappa shape index (κ3) is 2.82. The number of anilines is 1. The van der Waals surface area contributed by atoms with Crippen LogP contribution in [0.15, 0.2) is 17.0 Å². The number of aryl methyl sites for hydroxylation is 2. The van der Waals surface area contributed by atoms with Crippen molar-refractivity contribution in [2.45, 2.75) is 37.7 Å². The van der Waals surface area contributed by atoms with Gasteiger partial charge in [0, 0.05) is 19.3 Å². The fourth-order valence-corrected chi connectivity index (χ4v) is 4.51. The van der Waals surface area contributed by atoms with Crippen molar-refractivity contribution < 1.29 is 13.5 Å². The zero-order chi connectivity index (χ0) is 15.1. The van der Waals surface area contributed by atoms with Crippen molar-refractivity contribution in [1.29, 1.82) is 0 Å². The highest BCUT2D eigenvalue weighted by atomic mass is 32.2. The molecule has 0 atom stereocenters. The van der Waals surface area contributed by atoms with Gasteiger partial charge in [0.2, 0.25) is 10.0 Å². The van der Waals surface area contributed by atoms with Crippen LogP contribution in [0, 0.1) is 19.8 Å². The molecule has 1 aromatic rings. The molecule has 0 heterocycles. The lowest BCUT2D eigenvalue weighted by molar-refractivity contribution is 0.0367. The van der Waals surface area contributed by atoms with E-state index in [9.17, 15) is 13.5 Å². The standard InChI is InChI=1S/C14H22N2O3S/c1-9-4-12(15)5-10(2)14(9)20(18,19)16(3)8-11-6-13(17)7-11/h4-5,11,13,17H,6-8,15H2,1-3H3. The van der Waals surface area contributed by atoms with Gasteiger partial charge in [-0.25, -0.2) is 12.7 Å². The van der Waals surface area contributed by atoms with Gasteiger partial charge in [0.15, 0.2) is 0 Å². The van der Waals surface area contributed by atoms with E-state index in [2.05, 4.69) is 0 Å². The lowest BCUT2D eigenvalue weighted by Crippen LogP contribution is -2.39. The fourth-order valence-electron chi connectivity index (χ4n) is 2.86. The summed E-state index contributed by atoms with van der Waals surface area (Å²) in [6.07, 6.45) is 1.09. The molecule has 20 heavy (non-hydrogen) atoms. The maximum absolute atomic E-state index is 12.7. The second-order valence-corrected chi connectivity index (χ2v) is 7.74. The summed E-state index contributed by atoms with van der Waals surface area (Å²) in [5, 5.41) is 9.29. The molecule has 0 aliphatic heterocycles. The molecule has 6 heteroatoms. The number of sulfonamides is 1. The summed E-state index contributed by atoms with van der Waals surface area (Å²) in [6.45, 7) is 3.97. The van der Waals surface area contributed by atoms with Gasteiger partial charge in [0.25, 0.3) is 0 Å². The highest BCUT2D eigenvalue weighted by Gasteiger charge is 2.32. The number of hydrogen-bond acceptors (Lipinski definition) is 4. The van der Waals surface area contributed by atoms with Crippen LogP contribution in [-0.2, 0) is 10.0 Å². The molecular formula is C14H22N2O3S. The molecule has 1 aromatic carbocycles. The van der Waals surface area contributed by atoms with Crippen molar-refractivity contribution >= 4 is 15.7 Å². The summed E-state index contributed by atoms with van der Waals surface area (Å²) < 4.78 is 26.7. The van der Waals surface area contributed by atoms with E-state index in [0.717, 1.165) is 0 Å². The van der Waals surface area contributed by atoms with Crippen LogP contribution in [0.3, 0.4) is 0 Å². The minimum Gasteiger partial charge on any atom is -0.399 e. The Bertz CT molecular complexity index is 584. The Hall–Kier alpha value is -1.11. The van der Waals surface area contributed by atoms with Crippen molar-refractivity contribution in [2.75, 3.05) is 19.3 Å². The lowest BCUT2D eigenvalue weighted by Gasteiger charge is -2.34. The number of aliphatic hydroxyl groups is 1. The summed E-state index contributed by atoms with van der Waals surface area (Å²) in [6, 6.07) is 3.36. The Labute approximate surface area is 120 Å². The van der Waals surface area contributed by atoms with Crippen LogP contribution >= 0.6 is 0 Å². The summed E-state index contributed by atoms with van der Waals surface area (Å²) in [4.78, 5) is 0.342. The minimum atomic E-state index is -3.51. The molecule has 0 aromatic heterocycles. The first-order valence-corrected chi connectivity index (χ1v) is 8.17. The largest absolute Gasteiger partial charge is 0.399 e. The average Bonchev–Trinajstić information content (AvgIpc) is 2.24. The maximum atomic E-state index is 12.7. The predicted octanol–water partition coefficient (Wildman–Crippen LogP) is 1.28. The van der Waals surface area contributed by atoms with E-state index < -0.39 is 10.0 Å². The number of nitrogens with zero attached hydrogens (tertiary/aromatic N) is 1. The second kappa shape index (κ2) is 5.35. The summed E-state index contributed by atoms with van der Waals surface area (Å²) in [5.74, 6) is 0.249. The summed E-state index contributed by atoms with van der Waals surface area (Å²) in [5.41, 5.74) is 7.65. The molecule has 1 aliphatic rings. The van der Waals surface area contributed by atoms with E-state index in [0.29, 0.717) is 41.1 Å². The first-order valence-electron chi connectivity index (χ1n) is 6.73. The third-order valence-electron chi connectivity index (χ3n) is 3.88. The molecule has 1 saturated carbocycles. The van der Waals surface area contributed by atoms with Crippen LogP contribution < -0.4 is 5.73 Å². The minimum absolute atomic E-state index is 0.249.